The summed E-state index contributed by atoms with van der Waals surface area (Å²) in [5, 5.41) is 15.8. The van der Waals surface area contributed by atoms with Gasteiger partial charge in [0, 0.05) is 35.7 Å². The fourth-order valence-corrected chi connectivity index (χ4v) is 3.84. The summed E-state index contributed by atoms with van der Waals surface area (Å²) in [5.41, 5.74) is 5.86. The summed E-state index contributed by atoms with van der Waals surface area (Å²) >= 11 is 0. The molecule has 3 heterocycles. The monoisotopic (exact) mass is 382 g/mol. The molecule has 4 rings (SSSR count). The van der Waals surface area contributed by atoms with Crippen molar-refractivity contribution in [2.75, 3.05) is 6.61 Å². The van der Waals surface area contributed by atoms with Crippen LogP contribution in [0.5, 0.6) is 5.88 Å². The Hall–Kier alpha value is -2.90. The minimum absolute atomic E-state index is 0.0917. The summed E-state index contributed by atoms with van der Waals surface area (Å²) in [6, 6.07) is 1.74. The number of rotatable bonds is 6. The number of hydrogen-bond donors (Lipinski definition) is 2. The number of nitrogens with one attached hydrogen (secondary N) is 2. The van der Waals surface area contributed by atoms with Crippen LogP contribution in [-0.2, 0) is 11.8 Å². The van der Waals surface area contributed by atoms with Crippen molar-refractivity contribution in [2.24, 2.45) is 7.05 Å². The Morgan fingerprint density at radius 1 is 1.39 bits per heavy atom. The zero-order valence-corrected chi connectivity index (χ0v) is 17.0. The number of fused-ring (bicyclic) bond motifs is 1. The smallest absolute Gasteiger partial charge is 0.258 e. The topological polar surface area (TPSA) is 97.7 Å². The molecule has 3 aromatic heterocycles. The summed E-state index contributed by atoms with van der Waals surface area (Å²) in [6.45, 7) is 7.75. The van der Waals surface area contributed by atoms with E-state index in [2.05, 4.69) is 25.6 Å². The molecule has 0 radical (unpaired) electrons. The lowest BCUT2D eigenvalue weighted by Gasteiger charge is -2.15. The van der Waals surface area contributed by atoms with E-state index in [0.717, 1.165) is 39.2 Å². The predicted octanol–water partition coefficient (Wildman–Crippen LogP) is 2.75. The number of carbonyl (C=O) groups excluding carboxylic acids is 1. The van der Waals surface area contributed by atoms with Crippen molar-refractivity contribution in [2.45, 2.75) is 52.5 Å². The molecule has 3 aromatic rings. The van der Waals surface area contributed by atoms with Gasteiger partial charge in [-0.25, -0.2) is 0 Å². The van der Waals surface area contributed by atoms with Gasteiger partial charge in [0.2, 0.25) is 5.88 Å². The van der Waals surface area contributed by atoms with Crippen molar-refractivity contribution in [1.82, 2.24) is 30.3 Å². The van der Waals surface area contributed by atoms with Gasteiger partial charge in [0.25, 0.3) is 5.91 Å². The van der Waals surface area contributed by atoms with Crippen molar-refractivity contribution < 1.29 is 9.53 Å². The Bertz CT molecular complexity index is 1030. The molecular weight excluding hydrogens is 356 g/mol. The minimum atomic E-state index is -0.198. The van der Waals surface area contributed by atoms with Gasteiger partial charge in [-0.05, 0) is 46.1 Å². The van der Waals surface area contributed by atoms with Gasteiger partial charge in [-0.3, -0.25) is 14.6 Å². The molecule has 0 spiro atoms. The summed E-state index contributed by atoms with van der Waals surface area (Å²) in [6.07, 6.45) is 2.38. The quantitative estimate of drug-likeness (QED) is 0.683. The van der Waals surface area contributed by atoms with E-state index in [0.29, 0.717) is 11.8 Å². The van der Waals surface area contributed by atoms with Crippen LogP contribution < -0.4 is 10.1 Å². The first kappa shape index (κ1) is 18.5. The minimum Gasteiger partial charge on any atom is -0.468 e. The molecule has 8 nitrogen and oxygen atoms in total. The van der Waals surface area contributed by atoms with Crippen molar-refractivity contribution in [3.63, 3.8) is 0 Å². The number of aryl methyl sites for hydroxylation is 4. The Kier molecular flexibility index (Phi) is 4.56. The van der Waals surface area contributed by atoms with Gasteiger partial charge < -0.3 is 10.1 Å². The number of pyridine rings is 1. The summed E-state index contributed by atoms with van der Waals surface area (Å²) in [7, 11) is 1.90. The molecule has 1 atom stereocenters. The van der Waals surface area contributed by atoms with E-state index in [4.69, 9.17) is 4.74 Å². The highest BCUT2D eigenvalue weighted by Crippen LogP contribution is 2.43. The molecule has 1 unspecified atom stereocenters. The molecule has 0 aliphatic heterocycles. The third-order valence-electron chi connectivity index (χ3n) is 5.31. The van der Waals surface area contributed by atoms with Crippen LogP contribution in [0.2, 0.25) is 0 Å². The Labute approximate surface area is 163 Å². The Balaban J connectivity index is 1.45. The fourth-order valence-electron chi connectivity index (χ4n) is 3.84. The maximum atomic E-state index is 12.3. The van der Waals surface area contributed by atoms with E-state index in [1.54, 1.807) is 4.68 Å². The van der Waals surface area contributed by atoms with Gasteiger partial charge in [0.1, 0.15) is 0 Å². The van der Waals surface area contributed by atoms with Gasteiger partial charge in [-0.2, -0.15) is 15.2 Å². The highest BCUT2D eigenvalue weighted by molar-refractivity contribution is 5.84. The first-order chi connectivity index (χ1) is 13.3. The van der Waals surface area contributed by atoms with Gasteiger partial charge in [-0.15, -0.1) is 0 Å². The normalized spacial score (nSPS) is 15.0. The van der Waals surface area contributed by atoms with E-state index in [1.807, 2.05) is 40.8 Å². The molecule has 1 saturated carbocycles. The average Bonchev–Trinajstić information content (AvgIpc) is 3.35. The number of H-pyrrole nitrogens is 1. The van der Waals surface area contributed by atoms with Crippen molar-refractivity contribution >= 4 is 16.9 Å². The van der Waals surface area contributed by atoms with Crippen LogP contribution in [0.4, 0.5) is 0 Å². The molecule has 1 aliphatic rings. The Morgan fingerprint density at radius 3 is 2.79 bits per heavy atom. The fraction of sp³-hybridized carbons (Fsp3) is 0.500. The maximum Gasteiger partial charge on any atom is 0.258 e. The zero-order chi connectivity index (χ0) is 20.0. The third kappa shape index (κ3) is 3.34. The van der Waals surface area contributed by atoms with Gasteiger partial charge in [0.15, 0.2) is 12.3 Å². The molecule has 148 valence electrons. The van der Waals surface area contributed by atoms with Crippen LogP contribution in [0.1, 0.15) is 59.9 Å². The zero-order valence-electron chi connectivity index (χ0n) is 17.0. The van der Waals surface area contributed by atoms with Crippen molar-refractivity contribution in [1.29, 1.82) is 0 Å². The first-order valence-corrected chi connectivity index (χ1v) is 9.63. The number of aromatic amines is 1. The molecule has 1 fully saturated rings. The summed E-state index contributed by atoms with van der Waals surface area (Å²) < 4.78 is 7.49. The van der Waals surface area contributed by atoms with Crippen molar-refractivity contribution in [3.05, 3.63) is 34.3 Å². The lowest BCUT2D eigenvalue weighted by atomic mass is 10.1. The highest BCUT2D eigenvalue weighted by atomic mass is 16.5. The van der Waals surface area contributed by atoms with E-state index in [9.17, 15) is 4.79 Å². The number of aromatic nitrogens is 5. The van der Waals surface area contributed by atoms with Crippen molar-refractivity contribution in [3.8, 4) is 5.88 Å². The van der Waals surface area contributed by atoms with Gasteiger partial charge in [0.05, 0.1) is 17.4 Å². The maximum absolute atomic E-state index is 12.3. The highest BCUT2D eigenvalue weighted by Gasteiger charge is 2.30. The third-order valence-corrected chi connectivity index (χ3v) is 5.31. The molecule has 28 heavy (non-hydrogen) atoms. The molecule has 1 amide bonds. The predicted molar refractivity (Wildman–Crippen MR) is 105 cm³/mol. The molecule has 2 N–H and O–H groups in total. The number of carbonyl (C=O) groups is 1. The standard InChI is InChI=1S/C20H26N6O2/c1-10-8-16(22-20-17(10)19(14-6-7-14)25-26(20)5)28-9-15(27)21-11(2)18-12(3)23-24-13(18)4/h8,11,14H,6-7,9H2,1-5H3,(H,21,27)(H,23,24). The molecule has 0 aromatic carbocycles. The van der Waals surface area contributed by atoms with Crippen LogP contribution in [0.25, 0.3) is 11.0 Å². The van der Waals surface area contributed by atoms with Crippen LogP contribution in [0.3, 0.4) is 0 Å². The second-order valence-electron chi connectivity index (χ2n) is 7.68. The van der Waals surface area contributed by atoms with Gasteiger partial charge in [-0.1, -0.05) is 0 Å². The molecule has 1 aliphatic carbocycles. The number of amides is 1. The van der Waals surface area contributed by atoms with Crippen LogP contribution in [-0.4, -0.2) is 37.5 Å². The SMILES string of the molecule is Cc1n[nH]c(C)c1C(C)NC(=O)COc1cc(C)c2c(C3CC3)nn(C)c2n1. The second-order valence-corrected chi connectivity index (χ2v) is 7.68. The lowest BCUT2D eigenvalue weighted by Crippen LogP contribution is -2.31. The van der Waals surface area contributed by atoms with E-state index < -0.39 is 0 Å². The summed E-state index contributed by atoms with van der Waals surface area (Å²) in [4.78, 5) is 16.9. The average molecular weight is 382 g/mol. The number of nitrogens with zero attached hydrogens (tertiary/aromatic N) is 4. The second kappa shape index (κ2) is 6.92. The van der Waals surface area contributed by atoms with E-state index >= 15 is 0 Å². The van der Waals surface area contributed by atoms with Gasteiger partial charge >= 0.3 is 0 Å². The Morgan fingerprint density at radius 2 is 2.14 bits per heavy atom. The molecular formula is C20H26N6O2. The van der Waals surface area contributed by atoms with Crippen LogP contribution in [0.15, 0.2) is 6.07 Å². The van der Waals surface area contributed by atoms with Crippen LogP contribution in [0, 0.1) is 20.8 Å². The van der Waals surface area contributed by atoms with E-state index in [1.165, 1.54) is 12.8 Å². The first-order valence-electron chi connectivity index (χ1n) is 9.63. The van der Waals surface area contributed by atoms with Crippen LogP contribution >= 0.6 is 0 Å². The molecule has 0 saturated heterocycles. The number of hydrogen-bond acceptors (Lipinski definition) is 5. The lowest BCUT2D eigenvalue weighted by molar-refractivity contribution is -0.123. The van der Waals surface area contributed by atoms with E-state index in [-0.39, 0.29) is 18.6 Å². The molecule has 8 heteroatoms. The largest absolute Gasteiger partial charge is 0.468 e. The number of ether oxygens (including phenoxy) is 1. The summed E-state index contributed by atoms with van der Waals surface area (Å²) in [5.74, 6) is 0.794. The molecule has 0 bridgehead atoms.